The van der Waals surface area contributed by atoms with E-state index in [1.54, 1.807) is 37.3 Å². The normalized spacial score (nSPS) is 10.9. The number of methoxy groups -OCH3 is 1. The zero-order valence-corrected chi connectivity index (χ0v) is 18.1. The predicted molar refractivity (Wildman–Crippen MR) is 118 cm³/mol. The van der Waals surface area contributed by atoms with Gasteiger partial charge in [0, 0.05) is 12.6 Å². The molecule has 166 valence electrons. The maximum atomic E-state index is 13.2. The number of carbonyl (C=O) groups is 1. The molecular weight excluding hydrogens is 436 g/mol. The van der Waals surface area contributed by atoms with E-state index in [0.717, 1.165) is 10.4 Å². The van der Waals surface area contributed by atoms with Crippen LogP contribution >= 0.6 is 0 Å². The van der Waals surface area contributed by atoms with Gasteiger partial charge in [-0.25, -0.2) is 13.2 Å². The van der Waals surface area contributed by atoms with E-state index in [-0.39, 0.29) is 28.5 Å². The molecule has 0 saturated carbocycles. The van der Waals surface area contributed by atoms with Crippen LogP contribution in [-0.2, 0) is 14.8 Å². The number of benzene rings is 3. The van der Waals surface area contributed by atoms with Crippen LogP contribution in [0.5, 0.6) is 11.5 Å². The monoisotopic (exact) mass is 456 g/mol. The molecule has 0 bridgehead atoms. The van der Waals surface area contributed by atoms with Crippen molar-refractivity contribution in [2.24, 2.45) is 0 Å². The second-order valence-corrected chi connectivity index (χ2v) is 8.38. The largest absolute Gasteiger partial charge is 0.465 e. The van der Waals surface area contributed by atoms with Crippen molar-refractivity contribution in [2.75, 3.05) is 18.0 Å². The number of nitro benzene ring substituents is 1. The van der Waals surface area contributed by atoms with E-state index in [1.807, 2.05) is 0 Å². The number of esters is 1. The predicted octanol–water partition coefficient (Wildman–Crippen LogP) is 4.39. The van der Waals surface area contributed by atoms with Crippen molar-refractivity contribution < 1.29 is 27.6 Å². The fraction of sp³-hybridized carbons (Fsp3) is 0.136. The zero-order valence-electron chi connectivity index (χ0n) is 17.3. The number of para-hydroxylation sites is 1. The summed E-state index contributed by atoms with van der Waals surface area (Å²) in [7, 11) is -2.83. The summed E-state index contributed by atoms with van der Waals surface area (Å²) in [6.45, 7) is 1.81. The van der Waals surface area contributed by atoms with Gasteiger partial charge >= 0.3 is 11.7 Å². The Morgan fingerprint density at radius 3 is 2.38 bits per heavy atom. The van der Waals surface area contributed by atoms with Crippen LogP contribution in [0, 0.1) is 10.1 Å². The van der Waals surface area contributed by atoms with E-state index in [1.165, 1.54) is 43.5 Å². The first-order valence-corrected chi connectivity index (χ1v) is 10.9. The molecule has 0 radical (unpaired) electrons. The van der Waals surface area contributed by atoms with Gasteiger partial charge in [-0.1, -0.05) is 24.3 Å². The minimum atomic E-state index is -4.06. The Kier molecular flexibility index (Phi) is 6.74. The first kappa shape index (κ1) is 22.8. The summed E-state index contributed by atoms with van der Waals surface area (Å²) < 4.78 is 37.7. The van der Waals surface area contributed by atoms with Crippen molar-refractivity contribution in [2.45, 2.75) is 11.8 Å². The van der Waals surface area contributed by atoms with Gasteiger partial charge in [0.2, 0.25) is 5.75 Å². The van der Waals surface area contributed by atoms with E-state index < -0.39 is 26.6 Å². The van der Waals surface area contributed by atoms with Gasteiger partial charge < -0.3 is 9.47 Å². The molecule has 0 fully saturated rings. The standard InChI is InChI=1S/C22H20N2O7S/c1-3-23(17-9-5-4-6-10-17)32(28,29)19-12-13-21(20(15-19)24(26)27)31-18-11-7-8-16(14-18)22(25)30-2/h4-15H,3H2,1-2H3. The van der Waals surface area contributed by atoms with E-state index in [0.29, 0.717) is 5.69 Å². The molecule has 0 saturated heterocycles. The Bertz CT molecular complexity index is 1240. The minimum Gasteiger partial charge on any atom is -0.465 e. The Hall–Kier alpha value is -3.92. The van der Waals surface area contributed by atoms with Crippen LogP contribution < -0.4 is 9.04 Å². The highest BCUT2D eigenvalue weighted by Crippen LogP contribution is 2.35. The molecule has 10 heteroatoms. The van der Waals surface area contributed by atoms with Crippen molar-refractivity contribution in [1.82, 2.24) is 0 Å². The van der Waals surface area contributed by atoms with Crippen LogP contribution in [0.25, 0.3) is 0 Å². The molecule has 0 amide bonds. The summed E-state index contributed by atoms with van der Waals surface area (Å²) in [5, 5.41) is 11.7. The van der Waals surface area contributed by atoms with Crippen LogP contribution in [0.15, 0.2) is 77.7 Å². The fourth-order valence-electron chi connectivity index (χ4n) is 3.03. The van der Waals surface area contributed by atoms with E-state index in [2.05, 4.69) is 4.74 Å². The molecule has 0 unspecified atom stereocenters. The average Bonchev–Trinajstić information content (AvgIpc) is 2.79. The average molecular weight is 456 g/mol. The van der Waals surface area contributed by atoms with Gasteiger partial charge in [0.25, 0.3) is 10.0 Å². The molecule has 0 aromatic heterocycles. The Labute approximate surface area is 185 Å². The third kappa shape index (κ3) is 4.70. The lowest BCUT2D eigenvalue weighted by Gasteiger charge is -2.23. The smallest absolute Gasteiger partial charge is 0.337 e. The highest BCUT2D eigenvalue weighted by molar-refractivity contribution is 7.92. The maximum absolute atomic E-state index is 13.2. The molecule has 0 aliphatic carbocycles. The molecule has 0 N–H and O–H groups in total. The van der Waals surface area contributed by atoms with Crippen LogP contribution in [-0.4, -0.2) is 33.0 Å². The molecular formula is C22H20N2O7S. The van der Waals surface area contributed by atoms with Crippen molar-refractivity contribution in [1.29, 1.82) is 0 Å². The van der Waals surface area contributed by atoms with E-state index >= 15 is 0 Å². The number of nitro groups is 1. The van der Waals surface area contributed by atoms with Crippen LogP contribution in [0.2, 0.25) is 0 Å². The molecule has 3 rings (SSSR count). The van der Waals surface area contributed by atoms with Gasteiger partial charge in [-0.05, 0) is 49.4 Å². The second-order valence-electron chi connectivity index (χ2n) is 6.51. The number of hydrogen-bond acceptors (Lipinski definition) is 7. The molecule has 0 aliphatic heterocycles. The van der Waals surface area contributed by atoms with E-state index in [9.17, 15) is 23.3 Å². The molecule has 9 nitrogen and oxygen atoms in total. The van der Waals surface area contributed by atoms with Gasteiger partial charge in [-0.15, -0.1) is 0 Å². The Morgan fingerprint density at radius 2 is 1.75 bits per heavy atom. The third-order valence-corrected chi connectivity index (χ3v) is 6.43. The molecule has 0 spiro atoms. The lowest BCUT2D eigenvalue weighted by Crippen LogP contribution is -2.30. The highest BCUT2D eigenvalue weighted by Gasteiger charge is 2.28. The summed E-state index contributed by atoms with van der Waals surface area (Å²) in [5.41, 5.74) is 0.115. The van der Waals surface area contributed by atoms with E-state index in [4.69, 9.17) is 4.74 Å². The van der Waals surface area contributed by atoms with Crippen LogP contribution in [0.4, 0.5) is 11.4 Å². The second kappa shape index (κ2) is 9.48. The number of carbonyl (C=O) groups excluding carboxylic acids is 1. The van der Waals surface area contributed by atoms with Crippen LogP contribution in [0.1, 0.15) is 17.3 Å². The van der Waals surface area contributed by atoms with Gasteiger partial charge in [-0.3, -0.25) is 14.4 Å². The Morgan fingerprint density at radius 1 is 1.03 bits per heavy atom. The lowest BCUT2D eigenvalue weighted by atomic mass is 10.2. The quantitative estimate of drug-likeness (QED) is 0.280. The van der Waals surface area contributed by atoms with Crippen molar-refractivity contribution in [3.05, 3.63) is 88.5 Å². The van der Waals surface area contributed by atoms with Gasteiger partial charge in [0.15, 0.2) is 0 Å². The number of anilines is 1. The Balaban J connectivity index is 1.99. The van der Waals surface area contributed by atoms with Gasteiger partial charge in [0.05, 0.1) is 28.2 Å². The summed E-state index contributed by atoms with van der Waals surface area (Å²) in [4.78, 5) is 22.4. The molecule has 0 heterocycles. The number of nitrogens with zero attached hydrogens (tertiary/aromatic N) is 2. The molecule has 3 aromatic carbocycles. The molecule has 0 atom stereocenters. The zero-order chi connectivity index (χ0) is 23.3. The molecule has 32 heavy (non-hydrogen) atoms. The molecule has 0 aliphatic rings. The van der Waals surface area contributed by atoms with Crippen molar-refractivity contribution in [3.63, 3.8) is 0 Å². The fourth-order valence-corrected chi connectivity index (χ4v) is 4.53. The summed E-state index contributed by atoms with van der Waals surface area (Å²) in [6.07, 6.45) is 0. The first-order valence-electron chi connectivity index (χ1n) is 9.50. The van der Waals surface area contributed by atoms with Gasteiger partial charge in [0.1, 0.15) is 5.75 Å². The minimum absolute atomic E-state index is 0.138. The van der Waals surface area contributed by atoms with Crippen molar-refractivity contribution in [3.8, 4) is 11.5 Å². The number of hydrogen-bond donors (Lipinski definition) is 0. The third-order valence-electron chi connectivity index (χ3n) is 4.53. The summed E-state index contributed by atoms with van der Waals surface area (Å²) in [6, 6.07) is 17.8. The number of rotatable bonds is 8. The summed E-state index contributed by atoms with van der Waals surface area (Å²) >= 11 is 0. The number of ether oxygens (including phenoxy) is 2. The maximum Gasteiger partial charge on any atom is 0.337 e. The van der Waals surface area contributed by atoms with Crippen molar-refractivity contribution >= 4 is 27.4 Å². The first-order chi connectivity index (χ1) is 15.3. The van der Waals surface area contributed by atoms with Gasteiger partial charge in [-0.2, -0.15) is 0 Å². The highest BCUT2D eigenvalue weighted by atomic mass is 32.2. The lowest BCUT2D eigenvalue weighted by molar-refractivity contribution is -0.385. The summed E-state index contributed by atoms with van der Waals surface area (Å²) in [5.74, 6) is -0.600. The molecule has 3 aromatic rings. The van der Waals surface area contributed by atoms with Crippen LogP contribution in [0.3, 0.4) is 0 Å². The topological polar surface area (TPSA) is 116 Å². The number of sulfonamides is 1. The SMILES string of the molecule is CCN(c1ccccc1)S(=O)(=O)c1ccc(Oc2cccc(C(=O)OC)c2)c([N+](=O)[O-])c1.